The second kappa shape index (κ2) is 9.17. The number of carbonyl (C=O) groups excluding carboxylic acids is 2. The van der Waals surface area contributed by atoms with Crippen LogP contribution < -0.4 is 20.1 Å². The highest BCUT2D eigenvalue weighted by molar-refractivity contribution is 7.92. The number of anilines is 3. The topological polar surface area (TPSA) is 114 Å². The Morgan fingerprint density at radius 1 is 1.17 bits per heavy atom. The second-order valence-electron chi connectivity index (χ2n) is 7.27. The van der Waals surface area contributed by atoms with Crippen molar-refractivity contribution in [3.8, 4) is 5.75 Å². The summed E-state index contributed by atoms with van der Waals surface area (Å²) in [7, 11) is -3.40. The Morgan fingerprint density at radius 2 is 1.97 bits per heavy atom. The maximum Gasteiger partial charge on any atom is 0.229 e. The quantitative estimate of drug-likeness (QED) is 0.556. The number of amides is 2. The summed E-state index contributed by atoms with van der Waals surface area (Å²) in [6.07, 6.45) is 3.03. The van der Waals surface area contributed by atoms with Gasteiger partial charge in [-0.25, -0.2) is 8.42 Å². The molecule has 3 rings (SSSR count). The third kappa shape index (κ3) is 6.21. The zero-order valence-electron chi connectivity index (χ0n) is 16.9. The summed E-state index contributed by atoms with van der Waals surface area (Å²) in [5.74, 6) is 0.552. The molecular weight excluding hydrogens is 406 g/mol. The fourth-order valence-electron chi connectivity index (χ4n) is 3.11. The van der Waals surface area contributed by atoms with Crippen LogP contribution in [0, 0.1) is 6.92 Å². The summed E-state index contributed by atoms with van der Waals surface area (Å²) < 4.78 is 31.0. The van der Waals surface area contributed by atoms with Crippen LogP contribution in [0.3, 0.4) is 0 Å². The van der Waals surface area contributed by atoms with E-state index in [2.05, 4.69) is 15.4 Å². The maximum atomic E-state index is 12.2. The van der Waals surface area contributed by atoms with Gasteiger partial charge in [0.1, 0.15) is 5.75 Å². The third-order valence-corrected chi connectivity index (χ3v) is 5.20. The fourth-order valence-corrected chi connectivity index (χ4v) is 3.72. The summed E-state index contributed by atoms with van der Waals surface area (Å²) in [6.45, 7) is 2.17. The summed E-state index contributed by atoms with van der Waals surface area (Å²) in [5.41, 5.74) is 3.58. The van der Waals surface area contributed by atoms with E-state index >= 15 is 0 Å². The standard InChI is InChI=1S/C21H25N3O5S/c1-14-5-7-16(13-19(14)24-30(2,27)28)22-20(25)4-3-11-29-17-8-9-18-15(12-17)6-10-21(26)23-18/h5,7-9,12-13,24H,3-4,6,10-11H2,1-2H3,(H,22,25)(H,23,26). The van der Waals surface area contributed by atoms with Crippen molar-refractivity contribution in [1.29, 1.82) is 0 Å². The highest BCUT2D eigenvalue weighted by Gasteiger charge is 2.15. The molecule has 30 heavy (non-hydrogen) atoms. The lowest BCUT2D eigenvalue weighted by Gasteiger charge is -2.17. The molecule has 0 fully saturated rings. The van der Waals surface area contributed by atoms with Crippen molar-refractivity contribution in [2.24, 2.45) is 0 Å². The van der Waals surface area contributed by atoms with Gasteiger partial charge >= 0.3 is 0 Å². The smallest absolute Gasteiger partial charge is 0.229 e. The molecule has 1 aliphatic heterocycles. The van der Waals surface area contributed by atoms with E-state index in [1.54, 1.807) is 31.2 Å². The van der Waals surface area contributed by atoms with E-state index < -0.39 is 10.0 Å². The van der Waals surface area contributed by atoms with Gasteiger partial charge in [0.05, 0.1) is 18.6 Å². The van der Waals surface area contributed by atoms with Crippen LogP contribution >= 0.6 is 0 Å². The molecule has 0 aliphatic carbocycles. The summed E-state index contributed by atoms with van der Waals surface area (Å²) in [4.78, 5) is 23.6. The molecule has 1 heterocycles. The molecule has 0 saturated carbocycles. The van der Waals surface area contributed by atoms with Gasteiger partial charge in [0.25, 0.3) is 0 Å². The Hall–Kier alpha value is -3.07. The van der Waals surface area contributed by atoms with Crippen molar-refractivity contribution in [2.45, 2.75) is 32.6 Å². The lowest BCUT2D eigenvalue weighted by atomic mass is 10.0. The highest BCUT2D eigenvalue weighted by atomic mass is 32.2. The third-order valence-electron chi connectivity index (χ3n) is 4.61. The molecular formula is C21H25N3O5S. The van der Waals surface area contributed by atoms with Gasteiger partial charge < -0.3 is 15.4 Å². The molecule has 3 N–H and O–H groups in total. The Morgan fingerprint density at radius 3 is 2.73 bits per heavy atom. The first-order chi connectivity index (χ1) is 14.2. The van der Waals surface area contributed by atoms with Crippen LogP contribution in [0.25, 0.3) is 0 Å². The zero-order chi connectivity index (χ0) is 21.7. The van der Waals surface area contributed by atoms with Gasteiger partial charge in [-0.1, -0.05) is 6.07 Å². The molecule has 0 radical (unpaired) electrons. The molecule has 0 aromatic heterocycles. The number of nitrogens with one attached hydrogen (secondary N) is 3. The fraction of sp³-hybridized carbons (Fsp3) is 0.333. The molecule has 2 aromatic carbocycles. The van der Waals surface area contributed by atoms with Gasteiger partial charge in [0.2, 0.25) is 21.8 Å². The summed E-state index contributed by atoms with van der Waals surface area (Å²) in [6, 6.07) is 10.6. The van der Waals surface area contributed by atoms with E-state index in [1.807, 2.05) is 12.1 Å². The molecule has 0 spiro atoms. The minimum Gasteiger partial charge on any atom is -0.494 e. The van der Waals surface area contributed by atoms with Crippen molar-refractivity contribution in [3.63, 3.8) is 0 Å². The second-order valence-corrected chi connectivity index (χ2v) is 9.02. The number of carbonyl (C=O) groups is 2. The molecule has 2 amide bonds. The lowest BCUT2D eigenvalue weighted by Crippen LogP contribution is -2.18. The maximum absolute atomic E-state index is 12.2. The number of hydrogen-bond donors (Lipinski definition) is 3. The average Bonchev–Trinajstić information content (AvgIpc) is 2.67. The normalized spacial score (nSPS) is 13.2. The average molecular weight is 432 g/mol. The number of benzene rings is 2. The molecule has 0 unspecified atom stereocenters. The number of ether oxygens (including phenoxy) is 1. The molecule has 0 saturated heterocycles. The minimum absolute atomic E-state index is 0.0231. The zero-order valence-corrected chi connectivity index (χ0v) is 17.8. The Balaban J connectivity index is 1.46. The van der Waals surface area contributed by atoms with Crippen molar-refractivity contribution in [3.05, 3.63) is 47.5 Å². The first kappa shape index (κ1) is 21.6. The van der Waals surface area contributed by atoms with Crippen LogP contribution in [0.1, 0.15) is 30.4 Å². The van der Waals surface area contributed by atoms with Crippen LogP contribution in [0.15, 0.2) is 36.4 Å². The van der Waals surface area contributed by atoms with E-state index in [0.717, 1.165) is 23.1 Å². The molecule has 2 aromatic rings. The monoisotopic (exact) mass is 431 g/mol. The minimum atomic E-state index is -3.40. The predicted octanol–water partition coefficient (Wildman–Crippen LogP) is 3.05. The van der Waals surface area contributed by atoms with Crippen molar-refractivity contribution in [2.75, 3.05) is 28.2 Å². The summed E-state index contributed by atoms with van der Waals surface area (Å²) in [5, 5.41) is 5.60. The van der Waals surface area contributed by atoms with E-state index in [1.165, 1.54) is 0 Å². The first-order valence-electron chi connectivity index (χ1n) is 9.63. The van der Waals surface area contributed by atoms with Crippen molar-refractivity contribution in [1.82, 2.24) is 0 Å². The van der Waals surface area contributed by atoms with E-state index in [-0.39, 0.29) is 18.2 Å². The molecule has 0 bridgehead atoms. The van der Waals surface area contributed by atoms with E-state index in [4.69, 9.17) is 4.74 Å². The van der Waals surface area contributed by atoms with E-state index in [9.17, 15) is 18.0 Å². The van der Waals surface area contributed by atoms with Crippen LogP contribution in [-0.4, -0.2) is 33.1 Å². The van der Waals surface area contributed by atoms with Crippen LogP contribution in [0.4, 0.5) is 17.1 Å². The largest absolute Gasteiger partial charge is 0.494 e. The molecule has 1 aliphatic rings. The van der Waals surface area contributed by atoms with Crippen molar-refractivity contribution >= 4 is 38.9 Å². The Labute approximate surface area is 176 Å². The van der Waals surface area contributed by atoms with Crippen molar-refractivity contribution < 1.29 is 22.7 Å². The molecule has 8 nitrogen and oxygen atoms in total. The molecule has 0 atom stereocenters. The predicted molar refractivity (Wildman–Crippen MR) is 116 cm³/mol. The van der Waals surface area contributed by atoms with E-state index in [0.29, 0.717) is 43.0 Å². The van der Waals surface area contributed by atoms with Gasteiger partial charge in [-0.3, -0.25) is 14.3 Å². The number of sulfonamides is 1. The molecule has 160 valence electrons. The number of rotatable bonds is 8. The SMILES string of the molecule is Cc1ccc(NC(=O)CCCOc2ccc3c(c2)CCC(=O)N3)cc1NS(C)(=O)=O. The Kier molecular flexibility index (Phi) is 6.61. The lowest BCUT2D eigenvalue weighted by molar-refractivity contribution is -0.117. The van der Waals surface area contributed by atoms with Gasteiger partial charge in [-0.2, -0.15) is 0 Å². The van der Waals surface area contributed by atoms with Crippen LogP contribution in [-0.2, 0) is 26.0 Å². The molecule has 9 heteroatoms. The highest BCUT2D eigenvalue weighted by Crippen LogP contribution is 2.27. The van der Waals surface area contributed by atoms with Crippen LogP contribution in [0.2, 0.25) is 0 Å². The number of fused-ring (bicyclic) bond motifs is 1. The summed E-state index contributed by atoms with van der Waals surface area (Å²) >= 11 is 0. The first-order valence-corrected chi connectivity index (χ1v) is 11.5. The Bertz CT molecular complexity index is 1070. The number of aryl methyl sites for hydroxylation is 2. The number of hydrogen-bond acceptors (Lipinski definition) is 5. The van der Waals surface area contributed by atoms with Gasteiger partial charge in [0, 0.05) is 24.2 Å². The van der Waals surface area contributed by atoms with Gasteiger partial charge in [0.15, 0.2) is 0 Å². The van der Waals surface area contributed by atoms with Crippen LogP contribution in [0.5, 0.6) is 5.75 Å². The van der Waals surface area contributed by atoms with Gasteiger partial charge in [-0.05, 0) is 61.2 Å². The van der Waals surface area contributed by atoms with Gasteiger partial charge in [-0.15, -0.1) is 0 Å².